The lowest BCUT2D eigenvalue weighted by Gasteiger charge is -2.16. The molecule has 2 heteroatoms. The molecule has 1 aromatic rings. The molecule has 0 saturated heterocycles. The highest BCUT2D eigenvalue weighted by Gasteiger charge is 2.22. The van der Waals surface area contributed by atoms with E-state index in [2.05, 4.69) is 19.2 Å². The highest BCUT2D eigenvalue weighted by atomic mass is 16.3. The number of aryl methyl sites for hydroxylation is 1. The molecule has 2 nitrogen and oxygen atoms in total. The van der Waals surface area contributed by atoms with Crippen molar-refractivity contribution in [1.82, 2.24) is 5.32 Å². The molecule has 0 fully saturated rings. The number of rotatable bonds is 2. The first-order valence-corrected chi connectivity index (χ1v) is 5.24. The highest BCUT2D eigenvalue weighted by molar-refractivity contribution is 5.40. The lowest BCUT2D eigenvalue weighted by Crippen LogP contribution is -2.26. The number of hydrogen-bond donors (Lipinski definition) is 2. The maximum absolute atomic E-state index is 9.34. The van der Waals surface area contributed by atoms with E-state index in [9.17, 15) is 5.11 Å². The number of phenols is 1. The molecule has 1 atom stereocenters. The van der Waals surface area contributed by atoms with Crippen molar-refractivity contribution in [1.29, 1.82) is 0 Å². The molecule has 0 radical (unpaired) electrons. The second-order valence-corrected chi connectivity index (χ2v) is 4.30. The Morgan fingerprint density at radius 1 is 1.43 bits per heavy atom. The normalized spacial score (nSPS) is 20.1. The van der Waals surface area contributed by atoms with Crippen LogP contribution in [-0.4, -0.2) is 11.1 Å². The molecule has 0 spiro atoms. The van der Waals surface area contributed by atoms with Gasteiger partial charge in [0.1, 0.15) is 5.75 Å². The minimum absolute atomic E-state index is 0.383. The van der Waals surface area contributed by atoms with Crippen molar-refractivity contribution in [2.45, 2.75) is 38.8 Å². The van der Waals surface area contributed by atoms with E-state index in [4.69, 9.17) is 0 Å². The van der Waals surface area contributed by atoms with Crippen LogP contribution in [-0.2, 0) is 6.42 Å². The van der Waals surface area contributed by atoms with Crippen LogP contribution in [0, 0.1) is 0 Å². The van der Waals surface area contributed by atoms with Gasteiger partial charge in [-0.2, -0.15) is 0 Å². The summed E-state index contributed by atoms with van der Waals surface area (Å²) in [4.78, 5) is 0. The van der Waals surface area contributed by atoms with Gasteiger partial charge in [0, 0.05) is 12.1 Å². The maximum Gasteiger partial charge on any atom is 0.115 e. The molecule has 0 heterocycles. The number of hydrogen-bond acceptors (Lipinski definition) is 2. The Morgan fingerprint density at radius 2 is 2.21 bits per heavy atom. The third-order valence-electron chi connectivity index (χ3n) is 2.74. The van der Waals surface area contributed by atoms with Crippen molar-refractivity contribution < 1.29 is 5.11 Å². The van der Waals surface area contributed by atoms with Crippen LogP contribution < -0.4 is 5.32 Å². The van der Waals surface area contributed by atoms with E-state index < -0.39 is 0 Å². The summed E-state index contributed by atoms with van der Waals surface area (Å²) in [5, 5.41) is 12.9. The Hall–Kier alpha value is -1.02. The van der Waals surface area contributed by atoms with Gasteiger partial charge in [0.25, 0.3) is 0 Å². The van der Waals surface area contributed by atoms with Crippen molar-refractivity contribution in [2.75, 3.05) is 0 Å². The summed E-state index contributed by atoms with van der Waals surface area (Å²) in [6, 6.07) is 6.69. The third kappa shape index (κ3) is 1.75. The van der Waals surface area contributed by atoms with Gasteiger partial charge in [0.05, 0.1) is 0 Å². The lowest BCUT2D eigenvalue weighted by molar-refractivity contribution is 0.471. The quantitative estimate of drug-likeness (QED) is 0.752. The van der Waals surface area contributed by atoms with E-state index in [0.29, 0.717) is 17.8 Å². The highest BCUT2D eigenvalue weighted by Crippen LogP contribution is 2.33. The minimum Gasteiger partial charge on any atom is -0.508 e. The van der Waals surface area contributed by atoms with Crippen molar-refractivity contribution in [3.05, 3.63) is 29.3 Å². The van der Waals surface area contributed by atoms with E-state index in [0.717, 1.165) is 12.8 Å². The second-order valence-electron chi connectivity index (χ2n) is 4.30. The van der Waals surface area contributed by atoms with Gasteiger partial charge in [-0.25, -0.2) is 0 Å². The van der Waals surface area contributed by atoms with E-state index >= 15 is 0 Å². The van der Waals surface area contributed by atoms with Crippen LogP contribution >= 0.6 is 0 Å². The first kappa shape index (κ1) is 9.53. The summed E-state index contributed by atoms with van der Waals surface area (Å²) in [7, 11) is 0. The molecule has 1 unspecified atom stereocenters. The van der Waals surface area contributed by atoms with Crippen LogP contribution in [0.1, 0.15) is 37.4 Å². The molecule has 2 rings (SSSR count). The standard InChI is InChI=1S/C12H17NO/c1-8(2)13-12-6-3-9-7-10(14)4-5-11(9)12/h4-5,7-8,12-14H,3,6H2,1-2H3. The number of nitrogens with one attached hydrogen (secondary N) is 1. The number of phenolic OH excluding ortho intramolecular Hbond substituents is 1. The summed E-state index contributed by atoms with van der Waals surface area (Å²) in [6.45, 7) is 4.33. The zero-order valence-electron chi connectivity index (χ0n) is 8.75. The van der Waals surface area contributed by atoms with Gasteiger partial charge in [-0.15, -0.1) is 0 Å². The summed E-state index contributed by atoms with van der Waals surface area (Å²) in [5.74, 6) is 0.383. The van der Waals surface area contributed by atoms with Gasteiger partial charge < -0.3 is 10.4 Å². The molecule has 1 aliphatic carbocycles. The topological polar surface area (TPSA) is 32.3 Å². The predicted octanol–water partition coefficient (Wildman–Crippen LogP) is 2.38. The third-order valence-corrected chi connectivity index (χ3v) is 2.74. The zero-order valence-corrected chi connectivity index (χ0v) is 8.75. The molecule has 1 aromatic carbocycles. The average molecular weight is 191 g/mol. The fourth-order valence-corrected chi connectivity index (χ4v) is 2.18. The molecule has 0 saturated carbocycles. The molecule has 0 amide bonds. The summed E-state index contributed by atoms with van der Waals surface area (Å²) < 4.78 is 0. The predicted molar refractivity (Wildman–Crippen MR) is 57.4 cm³/mol. The van der Waals surface area contributed by atoms with Crippen LogP contribution in [0.15, 0.2) is 18.2 Å². The van der Waals surface area contributed by atoms with E-state index in [-0.39, 0.29) is 0 Å². The molecule has 1 aliphatic rings. The largest absolute Gasteiger partial charge is 0.508 e. The summed E-state index contributed by atoms with van der Waals surface area (Å²) >= 11 is 0. The van der Waals surface area contributed by atoms with Crippen molar-refractivity contribution in [3.63, 3.8) is 0 Å². The van der Waals surface area contributed by atoms with Crippen LogP contribution in [0.5, 0.6) is 5.75 Å². The number of fused-ring (bicyclic) bond motifs is 1. The fourth-order valence-electron chi connectivity index (χ4n) is 2.18. The monoisotopic (exact) mass is 191 g/mol. The van der Waals surface area contributed by atoms with Crippen molar-refractivity contribution in [2.24, 2.45) is 0 Å². The summed E-state index contributed by atoms with van der Waals surface area (Å²) in [5.41, 5.74) is 2.65. The Balaban J connectivity index is 2.22. The molecular weight excluding hydrogens is 174 g/mol. The van der Waals surface area contributed by atoms with Gasteiger partial charge >= 0.3 is 0 Å². The number of benzene rings is 1. The van der Waals surface area contributed by atoms with Crippen LogP contribution in [0.4, 0.5) is 0 Å². The van der Waals surface area contributed by atoms with E-state index in [1.54, 1.807) is 6.07 Å². The van der Waals surface area contributed by atoms with Crippen molar-refractivity contribution >= 4 is 0 Å². The van der Waals surface area contributed by atoms with E-state index in [1.807, 2.05) is 12.1 Å². The smallest absolute Gasteiger partial charge is 0.115 e. The van der Waals surface area contributed by atoms with Crippen LogP contribution in [0.2, 0.25) is 0 Å². The van der Waals surface area contributed by atoms with Gasteiger partial charge in [-0.3, -0.25) is 0 Å². The Bertz CT molecular complexity index is 333. The molecule has 0 aliphatic heterocycles. The lowest BCUT2D eigenvalue weighted by atomic mass is 10.1. The second kappa shape index (κ2) is 3.62. The first-order chi connectivity index (χ1) is 6.66. The van der Waals surface area contributed by atoms with Gasteiger partial charge in [0.2, 0.25) is 0 Å². The van der Waals surface area contributed by atoms with Crippen molar-refractivity contribution in [3.8, 4) is 5.75 Å². The fraction of sp³-hybridized carbons (Fsp3) is 0.500. The first-order valence-electron chi connectivity index (χ1n) is 5.24. The number of aromatic hydroxyl groups is 1. The van der Waals surface area contributed by atoms with E-state index in [1.165, 1.54) is 11.1 Å². The zero-order chi connectivity index (χ0) is 10.1. The minimum atomic E-state index is 0.383. The van der Waals surface area contributed by atoms with Gasteiger partial charge in [0.15, 0.2) is 0 Å². The molecule has 14 heavy (non-hydrogen) atoms. The maximum atomic E-state index is 9.34. The SMILES string of the molecule is CC(C)NC1CCc2cc(O)ccc21. The Kier molecular flexibility index (Phi) is 2.46. The van der Waals surface area contributed by atoms with Crippen LogP contribution in [0.25, 0.3) is 0 Å². The van der Waals surface area contributed by atoms with Gasteiger partial charge in [-0.05, 0) is 36.1 Å². The molecular formula is C12H17NO. The van der Waals surface area contributed by atoms with Crippen LogP contribution in [0.3, 0.4) is 0 Å². The van der Waals surface area contributed by atoms with Gasteiger partial charge in [-0.1, -0.05) is 19.9 Å². The Morgan fingerprint density at radius 3 is 2.93 bits per heavy atom. The Labute approximate surface area is 85.0 Å². The average Bonchev–Trinajstić information content (AvgIpc) is 2.47. The molecule has 0 bridgehead atoms. The molecule has 0 aromatic heterocycles. The molecule has 76 valence electrons. The summed E-state index contributed by atoms with van der Waals surface area (Å²) in [6.07, 6.45) is 2.23. The molecule has 2 N–H and O–H groups in total.